The van der Waals surface area contributed by atoms with Crippen molar-refractivity contribution in [2.45, 2.75) is 18.7 Å². The molecule has 0 aromatic carbocycles. The molecule has 0 spiro atoms. The number of thioether (sulfide) groups is 1. The number of ether oxygens (including phenoxy) is 1. The Kier molecular flexibility index (Phi) is 3.94. The highest BCUT2D eigenvalue weighted by molar-refractivity contribution is 8.04. The number of carboxylic acid groups (broad SMARTS) is 1. The van der Waals surface area contributed by atoms with E-state index in [1.807, 2.05) is 6.92 Å². The molecule has 0 saturated carbocycles. The van der Waals surface area contributed by atoms with Gasteiger partial charge in [-0.3, -0.25) is 9.69 Å². The smallest absolute Gasteiger partial charge is 0.353 e. The van der Waals surface area contributed by atoms with Crippen LogP contribution in [0.3, 0.4) is 0 Å². The summed E-state index contributed by atoms with van der Waals surface area (Å²) in [6.45, 7) is 2.92. The Bertz CT molecular complexity index is 410. The van der Waals surface area contributed by atoms with Crippen molar-refractivity contribution in [1.29, 1.82) is 0 Å². The summed E-state index contributed by atoms with van der Waals surface area (Å²) in [6, 6.07) is 0. The molecule has 0 radical (unpaired) electrons. The SMILES string of the molecule is CCC1C(=O)N2C(C(=O)O)=C(COCCN)S[C@H]12. The second kappa shape index (κ2) is 5.29. The number of hydrogen-bond acceptors (Lipinski definition) is 5. The first kappa shape index (κ1) is 13.4. The van der Waals surface area contributed by atoms with E-state index in [0.29, 0.717) is 18.1 Å². The molecule has 18 heavy (non-hydrogen) atoms. The lowest BCUT2D eigenvalue weighted by Crippen LogP contribution is -2.56. The largest absolute Gasteiger partial charge is 0.477 e. The van der Waals surface area contributed by atoms with Crippen molar-refractivity contribution >= 4 is 23.6 Å². The maximum Gasteiger partial charge on any atom is 0.353 e. The Morgan fingerprint density at radius 2 is 2.33 bits per heavy atom. The van der Waals surface area contributed by atoms with E-state index >= 15 is 0 Å². The van der Waals surface area contributed by atoms with Crippen LogP contribution in [0.15, 0.2) is 10.6 Å². The van der Waals surface area contributed by atoms with Gasteiger partial charge in [-0.05, 0) is 6.42 Å². The molecule has 0 aromatic rings. The van der Waals surface area contributed by atoms with Gasteiger partial charge in [0.1, 0.15) is 5.70 Å². The van der Waals surface area contributed by atoms with Crippen molar-refractivity contribution in [3.05, 3.63) is 10.6 Å². The molecule has 6 nitrogen and oxygen atoms in total. The summed E-state index contributed by atoms with van der Waals surface area (Å²) in [7, 11) is 0. The lowest BCUT2D eigenvalue weighted by Gasteiger charge is -2.41. The minimum Gasteiger partial charge on any atom is -0.477 e. The number of aliphatic carboxylic acids is 1. The Balaban J connectivity index is 2.12. The van der Waals surface area contributed by atoms with E-state index in [4.69, 9.17) is 10.5 Å². The maximum absolute atomic E-state index is 11.8. The zero-order valence-corrected chi connectivity index (χ0v) is 10.9. The number of rotatable bonds is 6. The van der Waals surface area contributed by atoms with Crippen molar-refractivity contribution in [3.8, 4) is 0 Å². The van der Waals surface area contributed by atoms with E-state index in [2.05, 4.69) is 0 Å². The molecule has 2 heterocycles. The summed E-state index contributed by atoms with van der Waals surface area (Å²) in [5.41, 5.74) is 5.39. The number of nitrogens with zero attached hydrogens (tertiary/aromatic N) is 1. The molecule has 1 saturated heterocycles. The molecule has 2 aliphatic rings. The Morgan fingerprint density at radius 1 is 1.61 bits per heavy atom. The topological polar surface area (TPSA) is 92.9 Å². The van der Waals surface area contributed by atoms with Crippen molar-refractivity contribution in [2.75, 3.05) is 19.8 Å². The number of amides is 1. The Labute approximate surface area is 109 Å². The third-order valence-electron chi connectivity index (χ3n) is 3.06. The van der Waals surface area contributed by atoms with Gasteiger partial charge in [-0.25, -0.2) is 4.79 Å². The minimum atomic E-state index is -1.07. The van der Waals surface area contributed by atoms with Gasteiger partial charge in [0, 0.05) is 11.4 Å². The van der Waals surface area contributed by atoms with Crippen LogP contribution in [0.25, 0.3) is 0 Å². The van der Waals surface area contributed by atoms with E-state index in [1.54, 1.807) is 0 Å². The molecule has 0 aliphatic carbocycles. The van der Waals surface area contributed by atoms with Crippen LogP contribution in [-0.4, -0.2) is 47.0 Å². The number of β-lactam (4-membered cyclic amide) rings is 1. The average molecular weight is 272 g/mol. The molecule has 1 amide bonds. The summed E-state index contributed by atoms with van der Waals surface area (Å²) in [5, 5.41) is 9.13. The number of fused-ring (bicyclic) bond motifs is 1. The highest BCUT2D eigenvalue weighted by Crippen LogP contribution is 2.50. The zero-order valence-electron chi connectivity index (χ0n) is 10.1. The summed E-state index contributed by atoms with van der Waals surface area (Å²) < 4.78 is 5.27. The zero-order chi connectivity index (χ0) is 13.3. The average Bonchev–Trinajstić information content (AvgIpc) is 2.65. The highest BCUT2D eigenvalue weighted by atomic mass is 32.2. The van der Waals surface area contributed by atoms with Crippen LogP contribution in [0.4, 0.5) is 0 Å². The third kappa shape index (κ3) is 2.02. The second-order valence-corrected chi connectivity index (χ2v) is 5.36. The van der Waals surface area contributed by atoms with E-state index < -0.39 is 5.97 Å². The van der Waals surface area contributed by atoms with Crippen LogP contribution in [0.2, 0.25) is 0 Å². The fraction of sp³-hybridized carbons (Fsp3) is 0.636. The van der Waals surface area contributed by atoms with Crippen LogP contribution in [0.5, 0.6) is 0 Å². The molecule has 1 fully saturated rings. The molecule has 1 unspecified atom stereocenters. The van der Waals surface area contributed by atoms with Crippen molar-refractivity contribution in [3.63, 3.8) is 0 Å². The van der Waals surface area contributed by atoms with Gasteiger partial charge < -0.3 is 15.6 Å². The summed E-state index contributed by atoms with van der Waals surface area (Å²) >= 11 is 1.42. The van der Waals surface area contributed by atoms with E-state index in [0.717, 1.165) is 6.42 Å². The molecule has 7 heteroatoms. The number of carbonyl (C=O) groups is 2. The lowest BCUT2D eigenvalue weighted by molar-refractivity contribution is -0.151. The van der Waals surface area contributed by atoms with Crippen molar-refractivity contribution in [2.24, 2.45) is 11.7 Å². The van der Waals surface area contributed by atoms with E-state index in [1.165, 1.54) is 16.7 Å². The Morgan fingerprint density at radius 3 is 2.89 bits per heavy atom. The van der Waals surface area contributed by atoms with Crippen LogP contribution in [-0.2, 0) is 14.3 Å². The standard InChI is InChI=1S/C11H16N2O4S/c1-2-6-9(14)13-8(11(15)16)7(18-10(6)13)5-17-4-3-12/h6,10H,2-5,12H2,1H3,(H,15,16)/t6?,10-/m1/s1. The molecule has 2 atom stereocenters. The minimum absolute atomic E-state index is 0.0647. The molecule has 0 aromatic heterocycles. The quantitative estimate of drug-likeness (QED) is 0.530. The molecule has 3 N–H and O–H groups in total. The van der Waals surface area contributed by atoms with Gasteiger partial charge in [-0.2, -0.15) is 0 Å². The Hall–Kier alpha value is -1.05. The van der Waals surface area contributed by atoms with Crippen molar-refractivity contribution in [1.82, 2.24) is 4.90 Å². The van der Waals surface area contributed by atoms with E-state index in [-0.39, 0.29) is 29.5 Å². The fourth-order valence-electron chi connectivity index (χ4n) is 2.18. The normalized spacial score (nSPS) is 26.3. The van der Waals surface area contributed by atoms with Gasteiger partial charge >= 0.3 is 5.97 Å². The number of hydrogen-bond donors (Lipinski definition) is 2. The van der Waals surface area contributed by atoms with Crippen LogP contribution in [0.1, 0.15) is 13.3 Å². The van der Waals surface area contributed by atoms with Crippen molar-refractivity contribution < 1.29 is 19.4 Å². The maximum atomic E-state index is 11.8. The third-order valence-corrected chi connectivity index (χ3v) is 4.44. The monoisotopic (exact) mass is 272 g/mol. The van der Waals surface area contributed by atoms with Crippen LogP contribution in [0, 0.1) is 5.92 Å². The van der Waals surface area contributed by atoms with Crippen LogP contribution >= 0.6 is 11.8 Å². The molecular weight excluding hydrogens is 256 g/mol. The van der Waals surface area contributed by atoms with Gasteiger partial charge in [0.25, 0.3) is 0 Å². The number of carboxylic acids is 1. The molecule has 2 rings (SSSR count). The molecule has 2 aliphatic heterocycles. The predicted octanol–water partition coefficient (Wildman–Crippen LogP) is 0.199. The van der Waals surface area contributed by atoms with Gasteiger partial charge in [-0.1, -0.05) is 18.7 Å². The highest BCUT2D eigenvalue weighted by Gasteiger charge is 2.54. The number of nitrogens with two attached hydrogens (primary N) is 1. The van der Waals surface area contributed by atoms with Gasteiger partial charge in [-0.15, -0.1) is 0 Å². The summed E-state index contributed by atoms with van der Waals surface area (Å²) in [5.74, 6) is -1.24. The van der Waals surface area contributed by atoms with Crippen LogP contribution < -0.4 is 5.73 Å². The second-order valence-electron chi connectivity index (χ2n) is 4.15. The molecule has 0 bridgehead atoms. The first-order valence-corrected chi connectivity index (χ1v) is 6.73. The lowest BCUT2D eigenvalue weighted by atomic mass is 9.94. The van der Waals surface area contributed by atoms with E-state index in [9.17, 15) is 14.7 Å². The van der Waals surface area contributed by atoms with Gasteiger partial charge in [0.2, 0.25) is 5.91 Å². The van der Waals surface area contributed by atoms with Gasteiger partial charge in [0.05, 0.1) is 24.5 Å². The first-order chi connectivity index (χ1) is 8.61. The molecule has 100 valence electrons. The fourth-order valence-corrected chi connectivity index (χ4v) is 3.71. The summed E-state index contributed by atoms with van der Waals surface area (Å²) in [4.78, 5) is 25.0. The first-order valence-electron chi connectivity index (χ1n) is 5.85. The van der Waals surface area contributed by atoms with Gasteiger partial charge in [0.15, 0.2) is 0 Å². The summed E-state index contributed by atoms with van der Waals surface area (Å²) in [6.07, 6.45) is 0.733. The number of carbonyl (C=O) groups excluding carboxylic acids is 1. The molecular formula is C11H16N2O4S. The predicted molar refractivity (Wildman–Crippen MR) is 66.5 cm³/mol.